The van der Waals surface area contributed by atoms with E-state index in [1.54, 1.807) is 0 Å². The Kier molecular flexibility index (Phi) is 8.86. The van der Waals surface area contributed by atoms with Crippen LogP contribution in [0.4, 0.5) is 39.5 Å². The molecule has 0 amide bonds. The van der Waals surface area contributed by atoms with Gasteiger partial charge in [0.2, 0.25) is 0 Å². The summed E-state index contributed by atoms with van der Waals surface area (Å²) in [5.41, 5.74) is -1.66. The Bertz CT molecular complexity index is 1550. The topological polar surface area (TPSA) is 9.23 Å². The number of unbranched alkanes of at least 4 members (excludes halogenated alkanes) is 1. The molecule has 3 aromatic carbocycles. The minimum absolute atomic E-state index is 0.0802. The van der Waals surface area contributed by atoms with Crippen LogP contribution >= 0.6 is 0 Å². The van der Waals surface area contributed by atoms with Crippen molar-refractivity contribution in [3.8, 4) is 28.7 Å². The molecular weight excluding hydrogens is 559 g/mol. The SMILES string of the molecule is CCCCC1=CCC(C#Cc2ccc(-c3cc(F)c(C(F)(F)Oc4cc(F)c(F)c(F)c4)c(F)c3)c(F)c2)C(F)=C1. The second kappa shape index (κ2) is 12.2. The Labute approximate surface area is 230 Å². The third-order valence-corrected chi connectivity index (χ3v) is 6.30. The lowest BCUT2D eigenvalue weighted by Crippen LogP contribution is -2.25. The fraction of sp³-hybridized carbons (Fsp3) is 0.226. The van der Waals surface area contributed by atoms with Gasteiger partial charge in [0.15, 0.2) is 17.5 Å². The van der Waals surface area contributed by atoms with Gasteiger partial charge in [-0.1, -0.05) is 37.3 Å². The predicted octanol–water partition coefficient (Wildman–Crippen LogP) is 9.66. The highest BCUT2D eigenvalue weighted by Gasteiger charge is 2.41. The lowest BCUT2D eigenvalue weighted by Gasteiger charge is -2.20. The van der Waals surface area contributed by atoms with Gasteiger partial charge in [-0.05, 0) is 60.7 Å². The molecular formula is C31H21F9O. The van der Waals surface area contributed by atoms with Crippen LogP contribution in [0, 0.1) is 52.7 Å². The molecule has 1 unspecified atom stereocenters. The zero-order valence-corrected chi connectivity index (χ0v) is 21.4. The Morgan fingerprint density at radius 2 is 1.51 bits per heavy atom. The Morgan fingerprint density at radius 1 is 0.854 bits per heavy atom. The van der Waals surface area contributed by atoms with E-state index in [1.165, 1.54) is 12.1 Å². The van der Waals surface area contributed by atoms with Gasteiger partial charge in [-0.15, -0.1) is 0 Å². The third kappa shape index (κ3) is 6.79. The highest BCUT2D eigenvalue weighted by atomic mass is 19.3. The summed E-state index contributed by atoms with van der Waals surface area (Å²) < 4.78 is 132. The summed E-state index contributed by atoms with van der Waals surface area (Å²) >= 11 is 0. The van der Waals surface area contributed by atoms with Crippen LogP contribution in [-0.2, 0) is 6.11 Å². The number of alkyl halides is 2. The van der Waals surface area contributed by atoms with Crippen LogP contribution in [0.15, 0.2) is 66.0 Å². The number of hydrogen-bond donors (Lipinski definition) is 0. The fourth-order valence-electron chi connectivity index (χ4n) is 4.20. The van der Waals surface area contributed by atoms with Gasteiger partial charge in [0.25, 0.3) is 0 Å². The van der Waals surface area contributed by atoms with Crippen molar-refractivity contribution in [1.82, 2.24) is 0 Å². The summed E-state index contributed by atoms with van der Waals surface area (Å²) in [5, 5.41) is 0. The van der Waals surface area contributed by atoms with E-state index >= 15 is 0 Å². The molecule has 0 fully saturated rings. The minimum Gasteiger partial charge on any atom is -0.429 e. The highest BCUT2D eigenvalue weighted by Crippen LogP contribution is 2.38. The van der Waals surface area contributed by atoms with Gasteiger partial charge in [0.1, 0.15) is 34.6 Å². The molecule has 0 aromatic heterocycles. The summed E-state index contributed by atoms with van der Waals surface area (Å²) in [6.45, 7) is 2.03. The first-order chi connectivity index (χ1) is 19.4. The van der Waals surface area contributed by atoms with Crippen molar-refractivity contribution >= 4 is 0 Å². The van der Waals surface area contributed by atoms with E-state index in [0.717, 1.165) is 37.0 Å². The molecule has 1 atom stereocenters. The second-order valence-corrected chi connectivity index (χ2v) is 9.30. The van der Waals surface area contributed by atoms with Gasteiger partial charge >= 0.3 is 6.11 Å². The quantitative estimate of drug-likeness (QED) is 0.154. The maximum Gasteiger partial charge on any atom is 0.432 e. The van der Waals surface area contributed by atoms with Crippen molar-refractivity contribution in [3.05, 3.63) is 112 Å². The number of rotatable bonds is 7. The molecule has 0 radical (unpaired) electrons. The third-order valence-electron chi connectivity index (χ3n) is 6.30. The van der Waals surface area contributed by atoms with Gasteiger partial charge in [0.05, 0.1) is 5.92 Å². The van der Waals surface area contributed by atoms with Crippen LogP contribution in [-0.4, -0.2) is 0 Å². The standard InChI is InChI=1S/C31H21F9O/c1-2-3-4-17-5-8-19(23(32)11-17)9-6-18-7-10-22(24(33)12-18)20-13-25(34)29(26(35)14-20)31(39,40)41-21-15-27(36)30(38)28(37)16-21/h5,7,10-16,19H,2-4,8H2,1H3. The minimum atomic E-state index is -4.78. The van der Waals surface area contributed by atoms with Gasteiger partial charge in [-0.3, -0.25) is 0 Å². The number of allylic oxidation sites excluding steroid dienone is 4. The molecule has 0 heterocycles. The largest absolute Gasteiger partial charge is 0.432 e. The van der Waals surface area contributed by atoms with E-state index in [0.29, 0.717) is 18.6 Å². The summed E-state index contributed by atoms with van der Waals surface area (Å²) in [4.78, 5) is 0. The van der Waals surface area contributed by atoms with Crippen molar-refractivity contribution in [1.29, 1.82) is 0 Å². The van der Waals surface area contributed by atoms with E-state index in [2.05, 4.69) is 16.6 Å². The molecule has 1 aliphatic carbocycles. The zero-order chi connectivity index (χ0) is 29.9. The van der Waals surface area contributed by atoms with Crippen LogP contribution in [0.3, 0.4) is 0 Å². The molecule has 10 heteroatoms. The average Bonchev–Trinajstić information content (AvgIpc) is 2.89. The van der Waals surface area contributed by atoms with Crippen molar-refractivity contribution in [2.24, 2.45) is 5.92 Å². The van der Waals surface area contributed by atoms with E-state index in [-0.39, 0.29) is 23.3 Å². The molecule has 41 heavy (non-hydrogen) atoms. The first kappa shape index (κ1) is 29.8. The van der Waals surface area contributed by atoms with Crippen LogP contribution in [0.5, 0.6) is 5.75 Å². The van der Waals surface area contributed by atoms with Crippen molar-refractivity contribution in [2.75, 3.05) is 0 Å². The van der Waals surface area contributed by atoms with Crippen molar-refractivity contribution in [3.63, 3.8) is 0 Å². The Balaban J connectivity index is 1.54. The lowest BCUT2D eigenvalue weighted by molar-refractivity contribution is -0.189. The summed E-state index contributed by atoms with van der Waals surface area (Å²) in [6.07, 6.45) is 1.60. The average molecular weight is 580 g/mol. The zero-order valence-electron chi connectivity index (χ0n) is 21.4. The van der Waals surface area contributed by atoms with Gasteiger partial charge in [-0.2, -0.15) is 8.78 Å². The monoisotopic (exact) mass is 580 g/mol. The molecule has 0 saturated heterocycles. The molecule has 1 nitrogen and oxygen atoms in total. The fourth-order valence-corrected chi connectivity index (χ4v) is 4.20. The molecule has 3 aromatic rings. The predicted molar refractivity (Wildman–Crippen MR) is 134 cm³/mol. The normalized spacial score (nSPS) is 15.1. The van der Waals surface area contributed by atoms with E-state index < -0.39 is 69.6 Å². The second-order valence-electron chi connectivity index (χ2n) is 9.30. The van der Waals surface area contributed by atoms with Gasteiger partial charge in [0, 0.05) is 23.3 Å². The lowest BCUT2D eigenvalue weighted by atomic mass is 9.93. The number of halogens is 9. The van der Waals surface area contributed by atoms with E-state index in [1.807, 2.05) is 13.0 Å². The van der Waals surface area contributed by atoms with Gasteiger partial charge < -0.3 is 4.74 Å². The molecule has 0 N–H and O–H groups in total. The maximum atomic E-state index is 14.9. The van der Waals surface area contributed by atoms with Crippen LogP contribution in [0.25, 0.3) is 11.1 Å². The van der Waals surface area contributed by atoms with Crippen LogP contribution in [0.1, 0.15) is 43.7 Å². The summed E-state index contributed by atoms with van der Waals surface area (Å²) in [7, 11) is 0. The van der Waals surface area contributed by atoms with Gasteiger partial charge in [-0.25, -0.2) is 30.7 Å². The van der Waals surface area contributed by atoms with Crippen LogP contribution in [0.2, 0.25) is 0 Å². The highest BCUT2D eigenvalue weighted by molar-refractivity contribution is 5.66. The summed E-state index contributed by atoms with van der Waals surface area (Å²) in [5.74, 6) is -7.27. The maximum absolute atomic E-state index is 14.9. The number of ether oxygens (including phenoxy) is 1. The molecule has 0 spiro atoms. The molecule has 4 rings (SSSR count). The first-order valence-corrected chi connectivity index (χ1v) is 12.5. The van der Waals surface area contributed by atoms with E-state index in [9.17, 15) is 39.5 Å². The molecule has 0 bridgehead atoms. The Morgan fingerprint density at radius 3 is 2.10 bits per heavy atom. The molecule has 1 aliphatic rings. The molecule has 0 aliphatic heterocycles. The first-order valence-electron chi connectivity index (χ1n) is 12.5. The van der Waals surface area contributed by atoms with Crippen molar-refractivity contribution < 1.29 is 44.3 Å². The Hall–Kier alpha value is -4.13. The number of benzene rings is 3. The van der Waals surface area contributed by atoms with Crippen molar-refractivity contribution in [2.45, 2.75) is 38.7 Å². The van der Waals surface area contributed by atoms with E-state index in [4.69, 9.17) is 0 Å². The van der Waals surface area contributed by atoms with Crippen LogP contribution < -0.4 is 4.74 Å². The summed E-state index contributed by atoms with van der Waals surface area (Å²) in [6, 6.07) is 4.41. The molecule has 214 valence electrons. The molecule has 0 saturated carbocycles. The smallest absolute Gasteiger partial charge is 0.429 e. The number of hydrogen-bond acceptors (Lipinski definition) is 1.